The topological polar surface area (TPSA) is 64.8 Å². The van der Waals surface area contributed by atoms with Gasteiger partial charge < -0.3 is 20.1 Å². The normalized spacial score (nSPS) is 29.4. The highest BCUT2D eigenvalue weighted by atomic mass is 16.5. The lowest BCUT2D eigenvalue weighted by atomic mass is 10.1. The number of methoxy groups -OCH3 is 1. The second kappa shape index (κ2) is 5.80. The van der Waals surface area contributed by atoms with Crippen LogP contribution in [0, 0.1) is 0 Å². The lowest BCUT2D eigenvalue weighted by Crippen LogP contribution is -2.51. The summed E-state index contributed by atoms with van der Waals surface area (Å²) in [6, 6.07) is -0.386. The SMILES string of the molecule is COCCCC(N)C(=O)N1CC2CCC(C1)O2. The summed E-state index contributed by atoms with van der Waals surface area (Å²) in [4.78, 5) is 14.0. The number of nitrogens with two attached hydrogens (primary N) is 1. The van der Waals surface area contributed by atoms with Crippen molar-refractivity contribution in [2.45, 2.75) is 43.9 Å². The molecule has 2 N–H and O–H groups in total. The van der Waals surface area contributed by atoms with Crippen LogP contribution in [0.1, 0.15) is 25.7 Å². The van der Waals surface area contributed by atoms with E-state index in [1.54, 1.807) is 7.11 Å². The number of hydrogen-bond donors (Lipinski definition) is 1. The minimum Gasteiger partial charge on any atom is -0.385 e. The van der Waals surface area contributed by atoms with Gasteiger partial charge in [-0.1, -0.05) is 0 Å². The maximum atomic E-state index is 12.1. The third-order valence-electron chi connectivity index (χ3n) is 3.54. The molecule has 2 fully saturated rings. The summed E-state index contributed by atoms with van der Waals surface area (Å²) in [5.41, 5.74) is 5.91. The molecular formula is C12H22N2O3. The minimum atomic E-state index is -0.386. The maximum absolute atomic E-state index is 12.1. The number of carbonyl (C=O) groups is 1. The Kier molecular flexibility index (Phi) is 4.36. The molecule has 0 saturated carbocycles. The van der Waals surface area contributed by atoms with Crippen LogP contribution in [0.4, 0.5) is 0 Å². The van der Waals surface area contributed by atoms with E-state index in [0.717, 1.165) is 19.3 Å². The molecule has 0 radical (unpaired) electrons. The van der Waals surface area contributed by atoms with Crippen LogP contribution in [0.15, 0.2) is 0 Å². The summed E-state index contributed by atoms with van der Waals surface area (Å²) in [5.74, 6) is 0.0707. The molecule has 2 heterocycles. The average molecular weight is 242 g/mol. The molecule has 0 aromatic heterocycles. The molecule has 0 aromatic rings. The van der Waals surface area contributed by atoms with E-state index in [9.17, 15) is 4.79 Å². The standard InChI is InChI=1S/C12H22N2O3/c1-16-6-2-3-11(13)12(15)14-7-9-4-5-10(8-14)17-9/h9-11H,2-8,13H2,1H3. The fourth-order valence-electron chi connectivity index (χ4n) is 2.60. The van der Waals surface area contributed by atoms with Crippen molar-refractivity contribution in [3.63, 3.8) is 0 Å². The van der Waals surface area contributed by atoms with E-state index in [0.29, 0.717) is 26.1 Å². The van der Waals surface area contributed by atoms with Gasteiger partial charge in [0.25, 0.3) is 0 Å². The molecule has 2 rings (SSSR count). The van der Waals surface area contributed by atoms with Crippen molar-refractivity contribution in [2.24, 2.45) is 5.73 Å². The van der Waals surface area contributed by atoms with Crippen molar-refractivity contribution in [3.05, 3.63) is 0 Å². The third kappa shape index (κ3) is 3.18. The molecule has 2 bridgehead atoms. The predicted molar refractivity (Wildman–Crippen MR) is 63.6 cm³/mol. The number of carbonyl (C=O) groups excluding carboxylic acids is 1. The first kappa shape index (κ1) is 12.8. The van der Waals surface area contributed by atoms with Crippen molar-refractivity contribution >= 4 is 5.91 Å². The van der Waals surface area contributed by atoms with Gasteiger partial charge >= 0.3 is 0 Å². The molecule has 2 aliphatic heterocycles. The van der Waals surface area contributed by atoms with Gasteiger partial charge in [-0.2, -0.15) is 0 Å². The van der Waals surface area contributed by atoms with Gasteiger partial charge in [0.1, 0.15) is 0 Å². The largest absolute Gasteiger partial charge is 0.385 e. The number of morpholine rings is 1. The number of hydrogen-bond acceptors (Lipinski definition) is 4. The fraction of sp³-hybridized carbons (Fsp3) is 0.917. The maximum Gasteiger partial charge on any atom is 0.239 e. The van der Waals surface area contributed by atoms with E-state index >= 15 is 0 Å². The number of nitrogens with zero attached hydrogens (tertiary/aromatic N) is 1. The Morgan fingerprint density at radius 2 is 2.12 bits per heavy atom. The van der Waals surface area contributed by atoms with Gasteiger partial charge in [0.05, 0.1) is 18.2 Å². The summed E-state index contributed by atoms with van der Waals surface area (Å²) in [5, 5.41) is 0. The molecule has 3 unspecified atom stereocenters. The molecule has 0 aromatic carbocycles. The number of ether oxygens (including phenoxy) is 2. The number of likely N-dealkylation sites (tertiary alicyclic amines) is 1. The quantitative estimate of drug-likeness (QED) is 0.696. The fourth-order valence-corrected chi connectivity index (χ4v) is 2.60. The summed E-state index contributed by atoms with van der Waals surface area (Å²) in [7, 11) is 1.66. The van der Waals surface area contributed by atoms with Gasteiger partial charge in [-0.25, -0.2) is 0 Å². The summed E-state index contributed by atoms with van der Waals surface area (Å²) in [6.07, 6.45) is 4.16. The van der Waals surface area contributed by atoms with E-state index in [1.807, 2.05) is 4.90 Å². The Morgan fingerprint density at radius 3 is 2.71 bits per heavy atom. The zero-order chi connectivity index (χ0) is 12.3. The van der Waals surface area contributed by atoms with Crippen LogP contribution >= 0.6 is 0 Å². The number of fused-ring (bicyclic) bond motifs is 2. The van der Waals surface area contributed by atoms with Crippen LogP contribution in [0.2, 0.25) is 0 Å². The molecule has 0 aliphatic carbocycles. The highest BCUT2D eigenvalue weighted by Gasteiger charge is 2.36. The molecule has 17 heavy (non-hydrogen) atoms. The molecule has 5 nitrogen and oxygen atoms in total. The van der Waals surface area contributed by atoms with Crippen LogP contribution < -0.4 is 5.73 Å². The average Bonchev–Trinajstić information content (AvgIpc) is 2.67. The molecular weight excluding hydrogens is 220 g/mol. The lowest BCUT2D eigenvalue weighted by Gasteiger charge is -2.33. The minimum absolute atomic E-state index is 0.0707. The van der Waals surface area contributed by atoms with Gasteiger partial charge in [0.2, 0.25) is 5.91 Å². The third-order valence-corrected chi connectivity index (χ3v) is 3.54. The number of amides is 1. The molecule has 2 saturated heterocycles. The molecule has 5 heteroatoms. The predicted octanol–water partition coefficient (Wildman–Crippen LogP) is 0.130. The summed E-state index contributed by atoms with van der Waals surface area (Å²) < 4.78 is 10.7. The van der Waals surface area contributed by atoms with Crippen LogP contribution in [-0.4, -0.2) is 55.9 Å². The van der Waals surface area contributed by atoms with E-state index in [1.165, 1.54) is 0 Å². The van der Waals surface area contributed by atoms with E-state index in [-0.39, 0.29) is 24.2 Å². The molecule has 2 aliphatic rings. The first-order valence-electron chi connectivity index (χ1n) is 6.39. The zero-order valence-electron chi connectivity index (χ0n) is 10.4. The van der Waals surface area contributed by atoms with Crippen LogP contribution in [0.25, 0.3) is 0 Å². The smallest absolute Gasteiger partial charge is 0.239 e. The lowest BCUT2D eigenvalue weighted by molar-refractivity contribution is -0.141. The van der Waals surface area contributed by atoms with Crippen LogP contribution in [0.5, 0.6) is 0 Å². The second-order valence-corrected chi connectivity index (χ2v) is 4.94. The first-order chi connectivity index (χ1) is 8.20. The van der Waals surface area contributed by atoms with Gasteiger partial charge in [0, 0.05) is 26.8 Å². The Balaban J connectivity index is 1.78. The monoisotopic (exact) mass is 242 g/mol. The highest BCUT2D eigenvalue weighted by Crippen LogP contribution is 2.26. The van der Waals surface area contributed by atoms with Crippen molar-refractivity contribution in [2.75, 3.05) is 26.8 Å². The van der Waals surface area contributed by atoms with Crippen LogP contribution in [-0.2, 0) is 14.3 Å². The second-order valence-electron chi connectivity index (χ2n) is 4.94. The highest BCUT2D eigenvalue weighted by molar-refractivity contribution is 5.81. The Labute approximate surface area is 102 Å². The Morgan fingerprint density at radius 1 is 1.47 bits per heavy atom. The Hall–Kier alpha value is -0.650. The molecule has 1 amide bonds. The van der Waals surface area contributed by atoms with Crippen molar-refractivity contribution < 1.29 is 14.3 Å². The van der Waals surface area contributed by atoms with Gasteiger partial charge in [-0.05, 0) is 25.7 Å². The van der Waals surface area contributed by atoms with E-state index in [4.69, 9.17) is 15.2 Å². The first-order valence-corrected chi connectivity index (χ1v) is 6.39. The molecule has 0 spiro atoms. The van der Waals surface area contributed by atoms with Crippen molar-refractivity contribution in [3.8, 4) is 0 Å². The van der Waals surface area contributed by atoms with Crippen molar-refractivity contribution in [1.82, 2.24) is 4.90 Å². The van der Waals surface area contributed by atoms with Crippen molar-refractivity contribution in [1.29, 1.82) is 0 Å². The number of rotatable bonds is 5. The zero-order valence-corrected chi connectivity index (χ0v) is 10.4. The Bertz CT molecular complexity index is 260. The molecule has 3 atom stereocenters. The summed E-state index contributed by atoms with van der Waals surface area (Å²) in [6.45, 7) is 2.09. The van der Waals surface area contributed by atoms with Crippen LogP contribution in [0.3, 0.4) is 0 Å². The summed E-state index contributed by atoms with van der Waals surface area (Å²) >= 11 is 0. The van der Waals surface area contributed by atoms with E-state index < -0.39 is 0 Å². The van der Waals surface area contributed by atoms with E-state index in [2.05, 4.69) is 0 Å². The van der Waals surface area contributed by atoms with Gasteiger partial charge in [-0.3, -0.25) is 4.79 Å². The van der Waals surface area contributed by atoms with Gasteiger partial charge in [-0.15, -0.1) is 0 Å². The molecule has 98 valence electrons. The van der Waals surface area contributed by atoms with Gasteiger partial charge in [0.15, 0.2) is 0 Å².